The Bertz CT molecular complexity index is 802. The van der Waals surface area contributed by atoms with Gasteiger partial charge in [-0.3, -0.25) is 0 Å². The van der Waals surface area contributed by atoms with Crippen LogP contribution in [0.5, 0.6) is 11.5 Å². The average Bonchev–Trinajstić information content (AvgIpc) is 2.72. The number of hydrogen-bond donors (Lipinski definition) is 0. The van der Waals surface area contributed by atoms with E-state index in [4.69, 9.17) is 9.47 Å². The average molecular weight is 944 g/mol. The van der Waals surface area contributed by atoms with Crippen LogP contribution in [0.25, 0.3) is 0 Å². The molecule has 0 heterocycles. The molecule has 31 heavy (non-hydrogen) atoms. The zero-order valence-electron chi connectivity index (χ0n) is 16.5. The maximum Gasteiger partial charge on any atom is 0.231 e. The summed E-state index contributed by atoms with van der Waals surface area (Å²) in [7, 11) is 0. The summed E-state index contributed by atoms with van der Waals surface area (Å²) in [5, 5.41) is 1.43. The molecule has 172 valence electrons. The van der Waals surface area contributed by atoms with E-state index in [2.05, 4.69) is 166 Å². The normalized spacial score (nSPS) is 14.8. The molecular weight excluding hydrogens is 923 g/mol. The number of alkyl halides is 8. The van der Waals surface area contributed by atoms with E-state index in [1.54, 1.807) is 0 Å². The predicted molar refractivity (Wildman–Crippen MR) is 160 cm³/mol. The SMILES string of the molecule is CC(C)(c1cccc(OC(Br)(Br)C(Br)CBr)c1)c1cccc(OC(Br)(Br)C(Br)CBr)c1. The minimum atomic E-state index is -0.725. The minimum absolute atomic E-state index is 0.0250. The highest BCUT2D eigenvalue weighted by Crippen LogP contribution is 2.42. The van der Waals surface area contributed by atoms with Crippen LogP contribution in [-0.4, -0.2) is 27.2 Å². The fourth-order valence-corrected chi connectivity index (χ4v) is 6.92. The summed E-state index contributed by atoms with van der Waals surface area (Å²) in [6.07, 6.45) is 0. The molecule has 2 rings (SSSR count). The molecule has 0 amide bonds. The molecular formula is C21H20Br8O2. The lowest BCUT2D eigenvalue weighted by Gasteiger charge is -2.30. The quantitative estimate of drug-likeness (QED) is 0.221. The van der Waals surface area contributed by atoms with Crippen molar-refractivity contribution in [3.8, 4) is 11.5 Å². The molecule has 2 nitrogen and oxygen atoms in total. The molecule has 0 aliphatic rings. The van der Waals surface area contributed by atoms with Crippen molar-refractivity contribution in [1.29, 1.82) is 0 Å². The topological polar surface area (TPSA) is 18.5 Å². The first-order valence-corrected chi connectivity index (χ1v) is 16.3. The van der Waals surface area contributed by atoms with Gasteiger partial charge in [0.2, 0.25) is 6.84 Å². The van der Waals surface area contributed by atoms with Crippen molar-refractivity contribution in [2.24, 2.45) is 0 Å². The van der Waals surface area contributed by atoms with Crippen LogP contribution in [0.2, 0.25) is 0 Å². The largest absolute Gasteiger partial charge is 0.465 e. The molecule has 0 aromatic heterocycles. The maximum absolute atomic E-state index is 6.16. The van der Waals surface area contributed by atoms with E-state index in [1.165, 1.54) is 0 Å². The van der Waals surface area contributed by atoms with Crippen molar-refractivity contribution < 1.29 is 9.47 Å². The predicted octanol–water partition coefficient (Wildman–Crippen LogP) is 9.97. The van der Waals surface area contributed by atoms with Gasteiger partial charge in [-0.25, -0.2) is 0 Å². The van der Waals surface area contributed by atoms with Crippen LogP contribution >= 0.6 is 127 Å². The van der Waals surface area contributed by atoms with Crippen molar-refractivity contribution in [3.63, 3.8) is 0 Å². The summed E-state index contributed by atoms with van der Waals surface area (Å²) in [4.78, 5) is 0.0501. The lowest BCUT2D eigenvalue weighted by molar-refractivity contribution is 0.273. The highest BCUT2D eigenvalue weighted by atomic mass is 79.9. The summed E-state index contributed by atoms with van der Waals surface area (Å²) in [5.41, 5.74) is 1.99. The summed E-state index contributed by atoms with van der Waals surface area (Å²) in [6.45, 7) is 4.38. The molecule has 2 atom stereocenters. The third-order valence-electron chi connectivity index (χ3n) is 4.62. The second-order valence-electron chi connectivity index (χ2n) is 7.25. The first-order chi connectivity index (χ1) is 14.3. The van der Waals surface area contributed by atoms with Crippen LogP contribution in [0.15, 0.2) is 48.5 Å². The van der Waals surface area contributed by atoms with E-state index in [0.717, 1.165) is 22.6 Å². The Balaban J connectivity index is 2.32. The van der Waals surface area contributed by atoms with Gasteiger partial charge in [0.1, 0.15) is 11.5 Å². The van der Waals surface area contributed by atoms with Gasteiger partial charge in [0.05, 0.1) is 9.65 Å². The number of halogens is 8. The summed E-state index contributed by atoms with van der Waals surface area (Å²) in [6, 6.07) is 16.3. The Morgan fingerprint density at radius 1 is 0.710 bits per heavy atom. The molecule has 2 aromatic rings. The third kappa shape index (κ3) is 7.94. The van der Waals surface area contributed by atoms with Crippen LogP contribution in [0.4, 0.5) is 0 Å². The molecule has 0 N–H and O–H groups in total. The molecule has 0 bridgehead atoms. The van der Waals surface area contributed by atoms with E-state index in [1.807, 2.05) is 24.3 Å². The van der Waals surface area contributed by atoms with Crippen molar-refractivity contribution in [2.75, 3.05) is 10.7 Å². The van der Waals surface area contributed by atoms with Crippen molar-refractivity contribution in [1.82, 2.24) is 0 Å². The van der Waals surface area contributed by atoms with Gasteiger partial charge >= 0.3 is 0 Å². The maximum atomic E-state index is 6.16. The Morgan fingerprint density at radius 2 is 1.06 bits per heavy atom. The highest BCUT2D eigenvalue weighted by Gasteiger charge is 2.35. The lowest BCUT2D eigenvalue weighted by Crippen LogP contribution is -2.33. The van der Waals surface area contributed by atoms with E-state index in [9.17, 15) is 0 Å². The molecule has 2 unspecified atom stereocenters. The fourth-order valence-electron chi connectivity index (χ4n) is 2.69. The van der Waals surface area contributed by atoms with E-state index >= 15 is 0 Å². The number of ether oxygens (including phenoxy) is 2. The first-order valence-electron chi connectivity index (χ1n) is 9.08. The molecule has 0 saturated heterocycles. The second kappa shape index (κ2) is 12.2. The fraction of sp³-hybridized carbons (Fsp3) is 0.429. The molecule has 0 radical (unpaired) electrons. The molecule has 0 saturated carbocycles. The van der Waals surface area contributed by atoms with E-state index < -0.39 is 6.84 Å². The van der Waals surface area contributed by atoms with Gasteiger partial charge in [0, 0.05) is 16.1 Å². The third-order valence-corrected chi connectivity index (χ3v) is 14.9. The Labute approximate surface area is 251 Å². The Hall–Kier alpha value is 1.88. The summed E-state index contributed by atoms with van der Waals surface area (Å²) in [5.74, 6) is 1.52. The molecule has 10 heteroatoms. The van der Waals surface area contributed by atoms with Gasteiger partial charge in [-0.2, -0.15) is 0 Å². The van der Waals surface area contributed by atoms with Crippen LogP contribution in [-0.2, 0) is 5.41 Å². The van der Waals surface area contributed by atoms with Gasteiger partial charge < -0.3 is 9.47 Å². The van der Waals surface area contributed by atoms with Crippen LogP contribution in [0.1, 0.15) is 25.0 Å². The zero-order chi connectivity index (χ0) is 23.4. The van der Waals surface area contributed by atoms with Crippen LogP contribution < -0.4 is 9.47 Å². The standard InChI is InChI=1S/C21H20Br8O2/c1-19(2,13-5-3-7-15(9-13)30-20(26,27)17(24)11-22)14-6-4-8-16(10-14)31-21(28,29)18(25)12-23/h3-10,17-18H,11-12H2,1-2H3. The molecule has 0 fully saturated rings. The number of rotatable bonds is 10. The van der Waals surface area contributed by atoms with Gasteiger partial charge in [-0.15, -0.1) is 0 Å². The van der Waals surface area contributed by atoms with Gasteiger partial charge in [-0.1, -0.05) is 102 Å². The van der Waals surface area contributed by atoms with Gasteiger partial charge in [0.15, 0.2) is 0 Å². The zero-order valence-corrected chi connectivity index (χ0v) is 29.2. The Morgan fingerprint density at radius 3 is 1.39 bits per heavy atom. The van der Waals surface area contributed by atoms with Crippen molar-refractivity contribution >= 4 is 127 Å². The molecule has 0 aliphatic carbocycles. The highest BCUT2D eigenvalue weighted by molar-refractivity contribution is 9.26. The molecule has 2 aromatic carbocycles. The van der Waals surface area contributed by atoms with E-state index in [0.29, 0.717) is 10.7 Å². The molecule has 0 spiro atoms. The molecule has 0 aliphatic heterocycles. The summed E-state index contributed by atoms with van der Waals surface area (Å²) < 4.78 is 10.9. The van der Waals surface area contributed by atoms with Gasteiger partial charge in [0.25, 0.3) is 0 Å². The second-order valence-corrected chi connectivity index (χ2v) is 17.6. The number of benzene rings is 2. The first kappa shape index (κ1) is 29.1. The summed E-state index contributed by atoms with van der Waals surface area (Å²) >= 11 is 28.6. The lowest BCUT2D eigenvalue weighted by atomic mass is 9.78. The van der Waals surface area contributed by atoms with Crippen LogP contribution in [0.3, 0.4) is 0 Å². The van der Waals surface area contributed by atoms with Gasteiger partial charge in [-0.05, 0) is 99.1 Å². The minimum Gasteiger partial charge on any atom is -0.465 e. The Kier molecular flexibility index (Phi) is 11.5. The van der Waals surface area contributed by atoms with Crippen LogP contribution in [0, 0.1) is 0 Å². The number of hydrogen-bond acceptors (Lipinski definition) is 2. The van der Waals surface area contributed by atoms with Crippen molar-refractivity contribution in [2.45, 2.75) is 35.8 Å². The monoisotopic (exact) mass is 935 g/mol. The van der Waals surface area contributed by atoms with E-state index in [-0.39, 0.29) is 15.1 Å². The smallest absolute Gasteiger partial charge is 0.231 e. The van der Waals surface area contributed by atoms with Crippen molar-refractivity contribution in [3.05, 3.63) is 59.7 Å².